The summed E-state index contributed by atoms with van der Waals surface area (Å²) in [5.74, 6) is 0.937. The van der Waals surface area contributed by atoms with Gasteiger partial charge in [0.1, 0.15) is 0 Å². The smallest absolute Gasteiger partial charge is 0.0667 e. The second-order valence-electron chi connectivity index (χ2n) is 4.79. The third-order valence-corrected chi connectivity index (χ3v) is 3.40. The predicted octanol–water partition coefficient (Wildman–Crippen LogP) is 1.34. The van der Waals surface area contributed by atoms with Crippen molar-refractivity contribution in [2.75, 3.05) is 40.3 Å². The van der Waals surface area contributed by atoms with Crippen LogP contribution >= 0.6 is 0 Å². The fourth-order valence-electron chi connectivity index (χ4n) is 2.05. The molecule has 0 spiro atoms. The number of likely N-dealkylation sites (tertiary alicyclic amines) is 1. The molecular weight excluding hydrogens is 188 g/mol. The normalized spacial score (nSPS) is 21.8. The van der Waals surface area contributed by atoms with Gasteiger partial charge in [-0.15, -0.1) is 0 Å². The maximum Gasteiger partial charge on any atom is 0.0667 e. The van der Waals surface area contributed by atoms with Gasteiger partial charge in [0.05, 0.1) is 6.10 Å². The molecule has 0 bridgehead atoms. The van der Waals surface area contributed by atoms with Crippen LogP contribution in [0.4, 0.5) is 0 Å². The molecule has 1 fully saturated rings. The van der Waals surface area contributed by atoms with E-state index in [0.29, 0.717) is 6.10 Å². The topological polar surface area (TPSA) is 24.5 Å². The standard InChI is InChI=1S/C12H26N2O/c1-11(15-3)10-13-7-4-12-5-8-14(2)9-6-12/h11-13H,4-10H2,1-3H3. The molecule has 3 heteroatoms. The third-order valence-electron chi connectivity index (χ3n) is 3.40. The van der Waals surface area contributed by atoms with Crippen molar-refractivity contribution < 1.29 is 4.74 Å². The molecule has 15 heavy (non-hydrogen) atoms. The maximum absolute atomic E-state index is 5.19. The molecule has 1 N–H and O–H groups in total. The Morgan fingerprint density at radius 1 is 1.40 bits per heavy atom. The molecule has 1 unspecified atom stereocenters. The van der Waals surface area contributed by atoms with Crippen molar-refractivity contribution in [3.8, 4) is 0 Å². The van der Waals surface area contributed by atoms with Gasteiger partial charge in [0.2, 0.25) is 0 Å². The molecule has 0 aromatic heterocycles. The molecule has 90 valence electrons. The van der Waals surface area contributed by atoms with E-state index >= 15 is 0 Å². The van der Waals surface area contributed by atoms with Crippen LogP contribution < -0.4 is 5.32 Å². The Hall–Kier alpha value is -0.120. The maximum atomic E-state index is 5.19. The highest BCUT2D eigenvalue weighted by Crippen LogP contribution is 2.18. The minimum Gasteiger partial charge on any atom is -0.380 e. The molecule has 1 aliphatic rings. The lowest BCUT2D eigenvalue weighted by molar-refractivity contribution is 0.116. The summed E-state index contributed by atoms with van der Waals surface area (Å²) in [6, 6.07) is 0. The highest BCUT2D eigenvalue weighted by Gasteiger charge is 2.15. The van der Waals surface area contributed by atoms with E-state index in [-0.39, 0.29) is 0 Å². The molecule has 1 saturated heterocycles. The minimum absolute atomic E-state index is 0.336. The van der Waals surface area contributed by atoms with Crippen LogP contribution in [0.2, 0.25) is 0 Å². The number of rotatable bonds is 6. The van der Waals surface area contributed by atoms with E-state index < -0.39 is 0 Å². The van der Waals surface area contributed by atoms with Crippen LogP contribution in [0.3, 0.4) is 0 Å². The van der Waals surface area contributed by atoms with Gasteiger partial charge in [0.15, 0.2) is 0 Å². The molecule has 0 aliphatic carbocycles. The summed E-state index contributed by atoms with van der Waals surface area (Å²) in [7, 11) is 3.98. The van der Waals surface area contributed by atoms with E-state index in [1.54, 1.807) is 7.11 Å². The Morgan fingerprint density at radius 3 is 2.67 bits per heavy atom. The largest absolute Gasteiger partial charge is 0.380 e. The number of ether oxygens (including phenoxy) is 1. The zero-order valence-corrected chi connectivity index (χ0v) is 10.5. The lowest BCUT2D eigenvalue weighted by Gasteiger charge is -2.29. The molecule has 1 rings (SSSR count). The Kier molecular flexibility index (Phi) is 6.22. The van der Waals surface area contributed by atoms with E-state index in [9.17, 15) is 0 Å². The first-order chi connectivity index (χ1) is 7.22. The lowest BCUT2D eigenvalue weighted by atomic mass is 9.94. The van der Waals surface area contributed by atoms with Gasteiger partial charge in [0.25, 0.3) is 0 Å². The first-order valence-electron chi connectivity index (χ1n) is 6.14. The van der Waals surface area contributed by atoms with Crippen LogP contribution in [0.5, 0.6) is 0 Å². The summed E-state index contributed by atoms with van der Waals surface area (Å²) in [5, 5.41) is 3.46. The van der Waals surface area contributed by atoms with Crippen LogP contribution in [-0.2, 0) is 4.74 Å². The number of piperidine rings is 1. The number of methoxy groups -OCH3 is 1. The average molecular weight is 214 g/mol. The summed E-state index contributed by atoms with van der Waals surface area (Å²) in [4.78, 5) is 2.43. The Labute approximate surface area is 94.2 Å². The predicted molar refractivity (Wildman–Crippen MR) is 64.2 cm³/mol. The van der Waals surface area contributed by atoms with Crippen molar-refractivity contribution in [3.05, 3.63) is 0 Å². The molecule has 0 saturated carbocycles. The van der Waals surface area contributed by atoms with Crippen LogP contribution in [0, 0.1) is 5.92 Å². The van der Waals surface area contributed by atoms with Gasteiger partial charge >= 0.3 is 0 Å². The van der Waals surface area contributed by atoms with Crippen LogP contribution in [0.25, 0.3) is 0 Å². The Morgan fingerprint density at radius 2 is 2.07 bits per heavy atom. The third kappa shape index (κ3) is 5.50. The van der Waals surface area contributed by atoms with Crippen molar-refractivity contribution in [3.63, 3.8) is 0 Å². The summed E-state index contributed by atoms with van der Waals surface area (Å²) in [6.45, 7) is 6.77. The van der Waals surface area contributed by atoms with E-state index in [4.69, 9.17) is 4.74 Å². The number of hydrogen-bond acceptors (Lipinski definition) is 3. The van der Waals surface area contributed by atoms with E-state index in [1.165, 1.54) is 32.4 Å². The van der Waals surface area contributed by atoms with Crippen molar-refractivity contribution in [1.82, 2.24) is 10.2 Å². The first kappa shape index (κ1) is 12.9. The fourth-order valence-corrected chi connectivity index (χ4v) is 2.05. The van der Waals surface area contributed by atoms with Crippen molar-refractivity contribution in [1.29, 1.82) is 0 Å². The zero-order chi connectivity index (χ0) is 11.1. The fraction of sp³-hybridized carbons (Fsp3) is 1.00. The highest BCUT2D eigenvalue weighted by molar-refractivity contribution is 4.70. The quantitative estimate of drug-likeness (QED) is 0.675. The molecule has 1 heterocycles. The number of hydrogen-bond donors (Lipinski definition) is 1. The monoisotopic (exact) mass is 214 g/mol. The van der Waals surface area contributed by atoms with E-state index in [1.807, 2.05) is 0 Å². The Bertz CT molecular complexity index is 156. The summed E-state index contributed by atoms with van der Waals surface area (Å²) in [5.41, 5.74) is 0. The molecule has 0 aromatic carbocycles. The summed E-state index contributed by atoms with van der Waals surface area (Å²) in [6.07, 6.45) is 4.41. The second-order valence-corrected chi connectivity index (χ2v) is 4.79. The van der Waals surface area contributed by atoms with Crippen LogP contribution in [-0.4, -0.2) is 51.3 Å². The second kappa shape index (κ2) is 7.20. The van der Waals surface area contributed by atoms with Gasteiger partial charge in [0, 0.05) is 13.7 Å². The van der Waals surface area contributed by atoms with Gasteiger partial charge in [-0.2, -0.15) is 0 Å². The van der Waals surface area contributed by atoms with Gasteiger partial charge in [-0.05, 0) is 58.8 Å². The average Bonchev–Trinajstić information content (AvgIpc) is 2.26. The van der Waals surface area contributed by atoms with Gasteiger partial charge in [-0.25, -0.2) is 0 Å². The zero-order valence-electron chi connectivity index (χ0n) is 10.5. The summed E-state index contributed by atoms with van der Waals surface area (Å²) < 4.78 is 5.19. The molecule has 1 atom stereocenters. The van der Waals surface area contributed by atoms with Crippen LogP contribution in [0.1, 0.15) is 26.2 Å². The van der Waals surface area contributed by atoms with Gasteiger partial charge in [-0.3, -0.25) is 0 Å². The number of nitrogens with zero attached hydrogens (tertiary/aromatic N) is 1. The molecule has 3 nitrogen and oxygen atoms in total. The lowest BCUT2D eigenvalue weighted by Crippen LogP contribution is -2.33. The van der Waals surface area contributed by atoms with Gasteiger partial charge in [-0.1, -0.05) is 0 Å². The molecular formula is C12H26N2O. The highest BCUT2D eigenvalue weighted by atomic mass is 16.5. The Balaban J connectivity index is 1.96. The molecule has 0 aromatic rings. The van der Waals surface area contributed by atoms with Crippen molar-refractivity contribution >= 4 is 0 Å². The summed E-state index contributed by atoms with van der Waals surface area (Å²) >= 11 is 0. The van der Waals surface area contributed by atoms with Gasteiger partial charge < -0.3 is 15.0 Å². The number of nitrogens with one attached hydrogen (secondary N) is 1. The SMILES string of the molecule is COC(C)CNCCC1CCN(C)CC1. The van der Waals surface area contributed by atoms with Crippen LogP contribution in [0.15, 0.2) is 0 Å². The molecule has 0 amide bonds. The van der Waals surface area contributed by atoms with Crippen molar-refractivity contribution in [2.24, 2.45) is 5.92 Å². The minimum atomic E-state index is 0.336. The van der Waals surface area contributed by atoms with E-state index in [0.717, 1.165) is 19.0 Å². The van der Waals surface area contributed by atoms with Crippen molar-refractivity contribution in [2.45, 2.75) is 32.3 Å². The molecule has 1 aliphatic heterocycles. The first-order valence-corrected chi connectivity index (χ1v) is 6.14. The van der Waals surface area contributed by atoms with E-state index in [2.05, 4.69) is 24.2 Å². The molecule has 0 radical (unpaired) electrons.